The average molecular weight is 248 g/mol. The number of alkyl halides is 2. The van der Waals surface area contributed by atoms with E-state index in [4.69, 9.17) is 5.11 Å². The highest BCUT2D eigenvalue weighted by Gasteiger charge is 2.44. The number of H-pyrrole nitrogens is 1. The maximum absolute atomic E-state index is 11.9. The van der Waals surface area contributed by atoms with Crippen LogP contribution in [0, 0.1) is 5.92 Å². The van der Waals surface area contributed by atoms with Crippen molar-refractivity contribution in [1.82, 2.24) is 9.97 Å². The maximum Gasteiger partial charge on any atom is 0.356 e. The molecule has 0 aromatic carbocycles. The molecule has 1 aromatic heterocycles. The Balaban J connectivity index is 0.000000171. The van der Waals surface area contributed by atoms with E-state index >= 15 is 0 Å². The van der Waals surface area contributed by atoms with E-state index < -0.39 is 11.9 Å². The van der Waals surface area contributed by atoms with Gasteiger partial charge in [0.1, 0.15) is 5.69 Å². The quantitative estimate of drug-likeness (QED) is 0.772. The Bertz CT molecular complexity index is 346. The van der Waals surface area contributed by atoms with Crippen LogP contribution in [0.3, 0.4) is 0 Å². The SMILES string of the molecule is COC(=O)c1cnc[nH]1.OCC1CC(F)(F)C1. The van der Waals surface area contributed by atoms with Gasteiger partial charge in [-0.05, 0) is 5.92 Å². The minimum Gasteiger partial charge on any atom is -0.464 e. The van der Waals surface area contributed by atoms with E-state index in [1.165, 1.54) is 19.6 Å². The number of methoxy groups -OCH3 is 1. The summed E-state index contributed by atoms with van der Waals surface area (Å²) in [5, 5.41) is 8.28. The Morgan fingerprint density at radius 3 is 2.65 bits per heavy atom. The Morgan fingerprint density at radius 1 is 1.71 bits per heavy atom. The number of nitrogens with zero attached hydrogens (tertiary/aromatic N) is 1. The molecule has 0 aliphatic heterocycles. The van der Waals surface area contributed by atoms with Crippen LogP contribution in [-0.4, -0.2) is 40.7 Å². The molecule has 1 heterocycles. The van der Waals surface area contributed by atoms with E-state index in [1.54, 1.807) is 0 Å². The summed E-state index contributed by atoms with van der Waals surface area (Å²) in [6.07, 6.45) is 2.59. The lowest BCUT2D eigenvalue weighted by Gasteiger charge is -2.33. The standard InChI is InChI=1S/C5H8F2O.C5H6N2O2/c6-5(7)1-4(2-5)3-8;1-9-5(8)4-2-6-3-7-4/h4,8H,1-3H2;2-3H,1H3,(H,6,7). The van der Waals surface area contributed by atoms with Crippen molar-refractivity contribution in [2.45, 2.75) is 18.8 Å². The predicted octanol–water partition coefficient (Wildman–Crippen LogP) is 1.22. The average Bonchev–Trinajstić information content (AvgIpc) is 2.78. The van der Waals surface area contributed by atoms with E-state index in [9.17, 15) is 13.6 Å². The fourth-order valence-corrected chi connectivity index (χ4v) is 1.39. The summed E-state index contributed by atoms with van der Waals surface area (Å²) in [6.45, 7) is -0.0877. The third-order valence-electron chi connectivity index (χ3n) is 2.34. The number of esters is 1. The minimum atomic E-state index is -2.46. The number of aromatic amines is 1. The minimum absolute atomic E-state index is 0.0877. The monoisotopic (exact) mass is 248 g/mol. The van der Waals surface area contributed by atoms with Crippen LogP contribution in [0.5, 0.6) is 0 Å². The largest absolute Gasteiger partial charge is 0.464 e. The number of hydrogen-bond donors (Lipinski definition) is 2. The molecule has 0 radical (unpaired) electrons. The van der Waals surface area contributed by atoms with Gasteiger partial charge in [0.05, 0.1) is 19.6 Å². The van der Waals surface area contributed by atoms with Crippen LogP contribution in [0.25, 0.3) is 0 Å². The number of aliphatic hydroxyl groups is 1. The van der Waals surface area contributed by atoms with E-state index in [2.05, 4.69) is 14.7 Å². The second kappa shape index (κ2) is 5.72. The predicted molar refractivity (Wildman–Crippen MR) is 54.7 cm³/mol. The highest BCUT2D eigenvalue weighted by atomic mass is 19.3. The molecular weight excluding hydrogens is 234 g/mol. The topological polar surface area (TPSA) is 75.2 Å². The fraction of sp³-hybridized carbons (Fsp3) is 0.600. The van der Waals surface area contributed by atoms with Gasteiger partial charge in [-0.1, -0.05) is 0 Å². The van der Waals surface area contributed by atoms with Crippen molar-refractivity contribution in [2.75, 3.05) is 13.7 Å². The number of carbonyl (C=O) groups excluding carboxylic acids is 1. The maximum atomic E-state index is 11.9. The summed E-state index contributed by atoms with van der Waals surface area (Å²) < 4.78 is 28.1. The van der Waals surface area contributed by atoms with E-state index in [0.29, 0.717) is 5.69 Å². The van der Waals surface area contributed by atoms with Crippen molar-refractivity contribution in [3.63, 3.8) is 0 Å². The highest BCUT2D eigenvalue weighted by molar-refractivity contribution is 5.86. The van der Waals surface area contributed by atoms with Gasteiger partial charge in [0.15, 0.2) is 0 Å². The van der Waals surface area contributed by atoms with Gasteiger partial charge in [-0.2, -0.15) is 0 Å². The molecular formula is C10H14F2N2O3. The number of nitrogens with one attached hydrogen (secondary N) is 1. The zero-order valence-corrected chi connectivity index (χ0v) is 9.32. The lowest BCUT2D eigenvalue weighted by atomic mass is 9.82. The second-order valence-corrected chi connectivity index (χ2v) is 3.77. The number of imidazole rings is 1. The number of ether oxygens (including phenoxy) is 1. The van der Waals surface area contributed by atoms with Gasteiger partial charge in [-0.15, -0.1) is 0 Å². The third-order valence-corrected chi connectivity index (χ3v) is 2.34. The zero-order valence-electron chi connectivity index (χ0n) is 9.32. The number of hydrogen-bond acceptors (Lipinski definition) is 4. The van der Waals surface area contributed by atoms with Crippen LogP contribution in [0.2, 0.25) is 0 Å². The first-order valence-electron chi connectivity index (χ1n) is 5.04. The second-order valence-electron chi connectivity index (χ2n) is 3.77. The van der Waals surface area contributed by atoms with Gasteiger partial charge in [0, 0.05) is 19.4 Å². The number of halogens is 2. The molecule has 2 N–H and O–H groups in total. The molecule has 1 aliphatic rings. The first kappa shape index (κ1) is 13.6. The zero-order chi connectivity index (χ0) is 12.9. The molecule has 1 fully saturated rings. The highest BCUT2D eigenvalue weighted by Crippen LogP contribution is 2.41. The molecule has 0 atom stereocenters. The number of aliphatic hydroxyl groups excluding tert-OH is 1. The molecule has 0 saturated heterocycles. The van der Waals surface area contributed by atoms with Crippen molar-refractivity contribution in [3.05, 3.63) is 18.2 Å². The normalized spacial score (nSPS) is 17.6. The van der Waals surface area contributed by atoms with Crippen molar-refractivity contribution in [2.24, 2.45) is 5.92 Å². The summed E-state index contributed by atoms with van der Waals surface area (Å²) in [5.41, 5.74) is 0.373. The molecule has 17 heavy (non-hydrogen) atoms. The Morgan fingerprint density at radius 2 is 2.35 bits per heavy atom. The van der Waals surface area contributed by atoms with Gasteiger partial charge >= 0.3 is 5.97 Å². The molecule has 1 aromatic rings. The molecule has 0 bridgehead atoms. The molecule has 96 valence electrons. The van der Waals surface area contributed by atoms with E-state index in [-0.39, 0.29) is 25.4 Å². The summed E-state index contributed by atoms with van der Waals surface area (Å²) in [6, 6.07) is 0. The smallest absolute Gasteiger partial charge is 0.356 e. The first-order valence-corrected chi connectivity index (χ1v) is 5.04. The van der Waals surface area contributed by atoms with Gasteiger partial charge in [-0.3, -0.25) is 0 Å². The van der Waals surface area contributed by atoms with Gasteiger partial charge < -0.3 is 14.8 Å². The summed E-state index contributed by atoms with van der Waals surface area (Å²) in [4.78, 5) is 16.8. The van der Waals surface area contributed by atoms with Gasteiger partial charge in [0.25, 0.3) is 0 Å². The van der Waals surface area contributed by atoms with Crippen molar-refractivity contribution >= 4 is 5.97 Å². The van der Waals surface area contributed by atoms with Gasteiger partial charge in [-0.25, -0.2) is 18.6 Å². The summed E-state index contributed by atoms with van der Waals surface area (Å²) in [5.74, 6) is -2.99. The molecule has 1 aliphatic carbocycles. The first-order chi connectivity index (χ1) is 7.98. The van der Waals surface area contributed by atoms with Gasteiger partial charge in [0.2, 0.25) is 5.92 Å². The van der Waals surface area contributed by atoms with E-state index in [0.717, 1.165) is 0 Å². The lowest BCUT2D eigenvalue weighted by molar-refractivity contribution is -0.121. The Labute approximate surface area is 96.8 Å². The number of rotatable bonds is 2. The summed E-state index contributed by atoms with van der Waals surface area (Å²) >= 11 is 0. The van der Waals surface area contributed by atoms with Crippen molar-refractivity contribution < 1.29 is 23.4 Å². The van der Waals surface area contributed by atoms with Crippen LogP contribution in [0.4, 0.5) is 8.78 Å². The van der Waals surface area contributed by atoms with Crippen LogP contribution >= 0.6 is 0 Å². The molecule has 5 nitrogen and oxygen atoms in total. The van der Waals surface area contributed by atoms with Crippen LogP contribution in [0.15, 0.2) is 12.5 Å². The van der Waals surface area contributed by atoms with Crippen molar-refractivity contribution in [1.29, 1.82) is 0 Å². The molecule has 2 rings (SSSR count). The van der Waals surface area contributed by atoms with Crippen LogP contribution in [-0.2, 0) is 4.74 Å². The third kappa shape index (κ3) is 4.10. The lowest BCUT2D eigenvalue weighted by Crippen LogP contribution is -2.37. The number of carbonyl (C=O) groups is 1. The molecule has 0 amide bonds. The molecule has 7 heteroatoms. The van der Waals surface area contributed by atoms with Crippen molar-refractivity contribution in [3.8, 4) is 0 Å². The molecule has 0 unspecified atom stereocenters. The Hall–Kier alpha value is -1.50. The molecule has 1 saturated carbocycles. The summed E-state index contributed by atoms with van der Waals surface area (Å²) in [7, 11) is 1.32. The fourth-order valence-electron chi connectivity index (χ4n) is 1.39. The van der Waals surface area contributed by atoms with Crippen LogP contribution in [0.1, 0.15) is 23.3 Å². The number of aromatic nitrogens is 2. The van der Waals surface area contributed by atoms with E-state index in [1.807, 2.05) is 0 Å². The molecule has 0 spiro atoms. The van der Waals surface area contributed by atoms with Crippen LogP contribution < -0.4 is 0 Å². The Kier molecular flexibility index (Phi) is 4.56.